The summed E-state index contributed by atoms with van der Waals surface area (Å²) in [6.07, 6.45) is 1.57. The molecule has 0 bridgehead atoms. The van der Waals surface area contributed by atoms with E-state index in [0.717, 1.165) is 11.8 Å². The van der Waals surface area contributed by atoms with E-state index in [1.54, 1.807) is 6.07 Å². The zero-order valence-corrected chi connectivity index (χ0v) is 13.0. The van der Waals surface area contributed by atoms with E-state index < -0.39 is 17.4 Å². The maximum atomic E-state index is 12.1. The SMILES string of the molecule is CC(C)(Cc1ccccc1Cl)NC(=O)c1cc(C(=O)O)co1. The summed E-state index contributed by atoms with van der Waals surface area (Å²) in [5.41, 5.74) is 0.285. The Hall–Kier alpha value is -2.27. The first-order valence-corrected chi connectivity index (χ1v) is 7.04. The Morgan fingerprint density at radius 1 is 1.32 bits per heavy atom. The van der Waals surface area contributed by atoms with Crippen molar-refractivity contribution in [1.29, 1.82) is 0 Å². The first kappa shape index (κ1) is 16.1. The van der Waals surface area contributed by atoms with Crippen molar-refractivity contribution in [3.63, 3.8) is 0 Å². The summed E-state index contributed by atoms with van der Waals surface area (Å²) in [6, 6.07) is 8.60. The van der Waals surface area contributed by atoms with E-state index >= 15 is 0 Å². The van der Waals surface area contributed by atoms with Gasteiger partial charge in [0, 0.05) is 16.6 Å². The fourth-order valence-corrected chi connectivity index (χ4v) is 2.30. The summed E-state index contributed by atoms with van der Waals surface area (Å²) in [7, 11) is 0. The van der Waals surface area contributed by atoms with Gasteiger partial charge in [0.25, 0.3) is 5.91 Å². The lowest BCUT2D eigenvalue weighted by Gasteiger charge is -2.26. The van der Waals surface area contributed by atoms with Crippen LogP contribution in [-0.2, 0) is 6.42 Å². The second kappa shape index (κ2) is 6.23. The normalized spacial score (nSPS) is 11.2. The lowest BCUT2D eigenvalue weighted by molar-refractivity contribution is 0.0695. The lowest BCUT2D eigenvalue weighted by atomic mass is 9.94. The fourth-order valence-electron chi connectivity index (χ4n) is 2.10. The second-order valence-electron chi connectivity index (χ2n) is 5.61. The minimum atomic E-state index is -1.14. The van der Waals surface area contributed by atoms with Crippen LogP contribution in [0.15, 0.2) is 41.0 Å². The smallest absolute Gasteiger partial charge is 0.338 e. The van der Waals surface area contributed by atoms with Crippen LogP contribution < -0.4 is 5.32 Å². The standard InChI is InChI=1S/C16H16ClNO4/c1-16(2,8-10-5-3-4-6-12(10)17)18-14(19)13-7-11(9-22-13)15(20)21/h3-7,9H,8H2,1-2H3,(H,18,19)(H,20,21). The molecule has 0 aliphatic rings. The molecule has 2 aromatic rings. The van der Waals surface area contributed by atoms with Gasteiger partial charge in [0.1, 0.15) is 6.26 Å². The van der Waals surface area contributed by atoms with Gasteiger partial charge in [-0.1, -0.05) is 29.8 Å². The highest BCUT2D eigenvalue weighted by Gasteiger charge is 2.24. The number of furan rings is 1. The van der Waals surface area contributed by atoms with Gasteiger partial charge in [0.15, 0.2) is 5.76 Å². The van der Waals surface area contributed by atoms with Gasteiger partial charge in [0.2, 0.25) is 0 Å². The molecule has 1 aromatic carbocycles. The Labute approximate surface area is 132 Å². The molecular weight excluding hydrogens is 306 g/mol. The zero-order chi connectivity index (χ0) is 16.3. The number of hydrogen-bond acceptors (Lipinski definition) is 3. The predicted octanol–water partition coefficient (Wildman–Crippen LogP) is 3.38. The first-order chi connectivity index (χ1) is 10.3. The lowest BCUT2D eigenvalue weighted by Crippen LogP contribution is -2.45. The Kier molecular flexibility index (Phi) is 4.56. The Morgan fingerprint density at radius 2 is 2.00 bits per heavy atom. The number of carboxylic acid groups (broad SMARTS) is 1. The zero-order valence-electron chi connectivity index (χ0n) is 12.2. The van der Waals surface area contributed by atoms with Crippen LogP contribution in [0.5, 0.6) is 0 Å². The van der Waals surface area contributed by atoms with Crippen molar-refractivity contribution in [3.05, 3.63) is 58.5 Å². The summed E-state index contributed by atoms with van der Waals surface area (Å²) in [6.45, 7) is 3.71. The fraction of sp³-hybridized carbons (Fsp3) is 0.250. The van der Waals surface area contributed by atoms with Crippen LogP contribution in [0.2, 0.25) is 5.02 Å². The van der Waals surface area contributed by atoms with E-state index in [2.05, 4.69) is 5.32 Å². The van der Waals surface area contributed by atoms with Crippen LogP contribution in [0.4, 0.5) is 0 Å². The molecule has 0 aliphatic carbocycles. The summed E-state index contributed by atoms with van der Waals surface area (Å²) >= 11 is 6.13. The maximum Gasteiger partial charge on any atom is 0.338 e. The summed E-state index contributed by atoms with van der Waals surface area (Å²) in [5.74, 6) is -1.65. The molecule has 0 saturated heterocycles. The van der Waals surface area contributed by atoms with Crippen molar-refractivity contribution in [2.24, 2.45) is 0 Å². The van der Waals surface area contributed by atoms with Crippen molar-refractivity contribution in [2.75, 3.05) is 0 Å². The van der Waals surface area contributed by atoms with Crippen LogP contribution in [0.1, 0.15) is 40.3 Å². The molecule has 0 saturated carbocycles. The number of halogens is 1. The maximum absolute atomic E-state index is 12.1. The molecule has 5 nitrogen and oxygen atoms in total. The number of amides is 1. The predicted molar refractivity (Wildman–Crippen MR) is 82.4 cm³/mol. The van der Waals surface area contributed by atoms with Crippen LogP contribution in [-0.4, -0.2) is 22.5 Å². The van der Waals surface area contributed by atoms with Gasteiger partial charge in [-0.25, -0.2) is 4.79 Å². The van der Waals surface area contributed by atoms with Crippen LogP contribution in [0, 0.1) is 0 Å². The number of benzene rings is 1. The van der Waals surface area contributed by atoms with E-state index in [-0.39, 0.29) is 11.3 Å². The van der Waals surface area contributed by atoms with Crippen molar-refractivity contribution >= 4 is 23.5 Å². The highest BCUT2D eigenvalue weighted by molar-refractivity contribution is 6.31. The second-order valence-corrected chi connectivity index (χ2v) is 6.02. The molecule has 0 unspecified atom stereocenters. The highest BCUT2D eigenvalue weighted by atomic mass is 35.5. The minimum Gasteiger partial charge on any atom is -0.478 e. The number of rotatable bonds is 5. The number of hydrogen-bond donors (Lipinski definition) is 2. The van der Waals surface area contributed by atoms with E-state index in [1.165, 1.54) is 6.07 Å². The molecule has 0 atom stereocenters. The van der Waals surface area contributed by atoms with Gasteiger partial charge < -0.3 is 14.8 Å². The number of aromatic carboxylic acids is 1. The molecule has 1 heterocycles. The average molecular weight is 322 g/mol. The molecule has 0 fully saturated rings. The Balaban J connectivity index is 2.08. The van der Waals surface area contributed by atoms with Gasteiger partial charge in [-0.3, -0.25) is 4.79 Å². The van der Waals surface area contributed by atoms with Crippen molar-refractivity contribution in [1.82, 2.24) is 5.32 Å². The summed E-state index contributed by atoms with van der Waals surface area (Å²) < 4.78 is 4.99. The molecule has 1 aromatic heterocycles. The third kappa shape index (κ3) is 3.89. The van der Waals surface area contributed by atoms with E-state index in [1.807, 2.05) is 32.0 Å². The molecule has 0 spiro atoms. The number of nitrogens with one attached hydrogen (secondary N) is 1. The number of carboxylic acids is 1. The third-order valence-corrected chi connectivity index (χ3v) is 3.48. The number of carbonyl (C=O) groups is 2. The molecule has 2 N–H and O–H groups in total. The monoisotopic (exact) mass is 321 g/mol. The molecule has 22 heavy (non-hydrogen) atoms. The average Bonchev–Trinajstić information content (AvgIpc) is 2.90. The highest BCUT2D eigenvalue weighted by Crippen LogP contribution is 2.21. The van der Waals surface area contributed by atoms with Gasteiger partial charge in [-0.2, -0.15) is 0 Å². The Morgan fingerprint density at radius 3 is 2.59 bits per heavy atom. The Bertz CT molecular complexity index is 706. The van der Waals surface area contributed by atoms with Gasteiger partial charge in [-0.15, -0.1) is 0 Å². The molecule has 0 aliphatic heterocycles. The quantitative estimate of drug-likeness (QED) is 0.884. The minimum absolute atomic E-state index is 0.0374. The molecule has 2 rings (SSSR count). The van der Waals surface area contributed by atoms with Crippen molar-refractivity contribution in [3.8, 4) is 0 Å². The van der Waals surface area contributed by atoms with Gasteiger partial charge in [-0.05, 0) is 31.9 Å². The van der Waals surface area contributed by atoms with E-state index in [4.69, 9.17) is 21.1 Å². The first-order valence-electron chi connectivity index (χ1n) is 6.66. The molecule has 1 amide bonds. The van der Waals surface area contributed by atoms with Crippen LogP contribution in [0.25, 0.3) is 0 Å². The van der Waals surface area contributed by atoms with Crippen LogP contribution >= 0.6 is 11.6 Å². The van der Waals surface area contributed by atoms with Crippen LogP contribution in [0.3, 0.4) is 0 Å². The number of carbonyl (C=O) groups excluding carboxylic acids is 1. The molecule has 0 radical (unpaired) electrons. The van der Waals surface area contributed by atoms with E-state index in [0.29, 0.717) is 11.4 Å². The summed E-state index contributed by atoms with van der Waals surface area (Å²) in [5, 5.41) is 12.3. The van der Waals surface area contributed by atoms with Gasteiger partial charge >= 0.3 is 5.97 Å². The van der Waals surface area contributed by atoms with Gasteiger partial charge in [0.05, 0.1) is 5.56 Å². The van der Waals surface area contributed by atoms with Crippen molar-refractivity contribution in [2.45, 2.75) is 25.8 Å². The largest absolute Gasteiger partial charge is 0.478 e. The third-order valence-electron chi connectivity index (χ3n) is 3.11. The van der Waals surface area contributed by atoms with Crippen molar-refractivity contribution < 1.29 is 19.1 Å². The topological polar surface area (TPSA) is 79.5 Å². The summed E-state index contributed by atoms with van der Waals surface area (Å²) in [4.78, 5) is 22.9. The molecule has 116 valence electrons. The molecular formula is C16H16ClNO4. The van der Waals surface area contributed by atoms with E-state index in [9.17, 15) is 9.59 Å². The molecule has 6 heteroatoms.